The Hall–Kier alpha value is -0.500. The van der Waals surface area contributed by atoms with E-state index in [1.54, 1.807) is 0 Å². The van der Waals surface area contributed by atoms with Gasteiger partial charge in [-0.3, -0.25) is 4.68 Å². The first-order valence-corrected chi connectivity index (χ1v) is 6.36. The molecule has 1 atom stereocenters. The van der Waals surface area contributed by atoms with Crippen LogP contribution >= 0.6 is 11.6 Å². The summed E-state index contributed by atoms with van der Waals surface area (Å²) < 4.78 is 2.06. The van der Waals surface area contributed by atoms with E-state index in [1.807, 2.05) is 13.1 Å². The highest BCUT2D eigenvalue weighted by Crippen LogP contribution is 2.25. The van der Waals surface area contributed by atoms with Crippen LogP contribution in [0.3, 0.4) is 0 Å². The fraction of sp³-hybridized carbons (Fsp3) is 0.750. The molecule has 0 amide bonds. The van der Waals surface area contributed by atoms with Crippen molar-refractivity contribution in [3.8, 4) is 0 Å². The molecule has 0 saturated heterocycles. The monoisotopic (exact) mass is 226 g/mol. The third-order valence-corrected chi connectivity index (χ3v) is 3.53. The van der Waals surface area contributed by atoms with E-state index in [1.165, 1.54) is 32.1 Å². The third-order valence-electron chi connectivity index (χ3n) is 3.28. The predicted molar refractivity (Wildman–Crippen MR) is 63.1 cm³/mol. The topological polar surface area (TPSA) is 17.8 Å². The molecule has 0 N–H and O–H groups in total. The molecule has 2 nitrogen and oxygen atoms in total. The van der Waals surface area contributed by atoms with Crippen molar-refractivity contribution in [3.63, 3.8) is 0 Å². The zero-order valence-electron chi connectivity index (χ0n) is 9.32. The number of nitrogens with zero attached hydrogens (tertiary/aromatic N) is 2. The number of rotatable bonds is 3. The SMILES string of the molecule is CC(Cl)c1cnn(CC2CCCCC2)c1. The van der Waals surface area contributed by atoms with E-state index in [2.05, 4.69) is 16.0 Å². The number of hydrogen-bond acceptors (Lipinski definition) is 1. The molecule has 0 aliphatic heterocycles. The molecule has 3 heteroatoms. The molecule has 1 aliphatic carbocycles. The minimum atomic E-state index is 0.0742. The highest BCUT2D eigenvalue weighted by molar-refractivity contribution is 6.20. The van der Waals surface area contributed by atoms with Gasteiger partial charge in [0.15, 0.2) is 0 Å². The van der Waals surface area contributed by atoms with Crippen LogP contribution in [0.4, 0.5) is 0 Å². The van der Waals surface area contributed by atoms with Crippen LogP contribution in [-0.4, -0.2) is 9.78 Å². The van der Waals surface area contributed by atoms with E-state index < -0.39 is 0 Å². The van der Waals surface area contributed by atoms with Crippen LogP contribution in [-0.2, 0) is 6.54 Å². The molecule has 1 aromatic rings. The van der Waals surface area contributed by atoms with Crippen LogP contribution in [0.1, 0.15) is 50.0 Å². The number of aromatic nitrogens is 2. The van der Waals surface area contributed by atoms with Crippen molar-refractivity contribution in [2.75, 3.05) is 0 Å². The molecule has 1 unspecified atom stereocenters. The van der Waals surface area contributed by atoms with Crippen LogP contribution in [0, 0.1) is 5.92 Å². The average molecular weight is 227 g/mol. The molecular formula is C12H19ClN2. The van der Waals surface area contributed by atoms with Gasteiger partial charge in [0.25, 0.3) is 0 Å². The summed E-state index contributed by atoms with van der Waals surface area (Å²) in [6, 6.07) is 0. The van der Waals surface area contributed by atoms with Gasteiger partial charge >= 0.3 is 0 Å². The van der Waals surface area contributed by atoms with E-state index in [0.29, 0.717) is 0 Å². The zero-order chi connectivity index (χ0) is 10.7. The fourth-order valence-electron chi connectivity index (χ4n) is 2.32. The van der Waals surface area contributed by atoms with E-state index >= 15 is 0 Å². The number of hydrogen-bond donors (Lipinski definition) is 0. The molecule has 0 spiro atoms. The Labute approximate surface area is 96.6 Å². The zero-order valence-corrected chi connectivity index (χ0v) is 10.1. The van der Waals surface area contributed by atoms with Gasteiger partial charge in [0, 0.05) is 18.3 Å². The van der Waals surface area contributed by atoms with Crippen molar-refractivity contribution in [1.29, 1.82) is 0 Å². The van der Waals surface area contributed by atoms with Gasteiger partial charge in [0.1, 0.15) is 0 Å². The first kappa shape index (κ1) is 11.0. The molecule has 0 radical (unpaired) electrons. The lowest BCUT2D eigenvalue weighted by molar-refractivity contribution is 0.308. The summed E-state index contributed by atoms with van der Waals surface area (Å²) in [4.78, 5) is 0. The standard InChI is InChI=1S/C12H19ClN2/c1-10(13)12-7-14-15(9-12)8-11-5-3-2-4-6-11/h7,9-11H,2-6,8H2,1H3. The van der Waals surface area contributed by atoms with Crippen molar-refractivity contribution >= 4 is 11.6 Å². The minimum Gasteiger partial charge on any atom is -0.272 e. The molecule has 1 heterocycles. The molecule has 2 rings (SSSR count). The van der Waals surface area contributed by atoms with Crippen molar-refractivity contribution in [3.05, 3.63) is 18.0 Å². The second-order valence-electron chi connectivity index (χ2n) is 4.62. The van der Waals surface area contributed by atoms with Gasteiger partial charge in [0.2, 0.25) is 0 Å². The van der Waals surface area contributed by atoms with Crippen molar-refractivity contribution in [2.45, 2.75) is 50.9 Å². The van der Waals surface area contributed by atoms with Crippen LogP contribution in [0.25, 0.3) is 0 Å². The van der Waals surface area contributed by atoms with Gasteiger partial charge in [-0.05, 0) is 25.7 Å². The first-order valence-electron chi connectivity index (χ1n) is 5.92. The maximum absolute atomic E-state index is 6.01. The molecule has 1 aliphatic rings. The van der Waals surface area contributed by atoms with Gasteiger partial charge in [-0.2, -0.15) is 5.10 Å². The third kappa shape index (κ3) is 2.97. The Kier molecular flexibility index (Phi) is 3.68. The lowest BCUT2D eigenvalue weighted by atomic mass is 9.89. The van der Waals surface area contributed by atoms with Gasteiger partial charge < -0.3 is 0 Å². The lowest BCUT2D eigenvalue weighted by Crippen LogP contribution is -2.14. The molecule has 84 valence electrons. The lowest BCUT2D eigenvalue weighted by Gasteiger charge is -2.21. The van der Waals surface area contributed by atoms with Crippen molar-refractivity contribution < 1.29 is 0 Å². The maximum Gasteiger partial charge on any atom is 0.0588 e. The second kappa shape index (κ2) is 5.02. The van der Waals surface area contributed by atoms with Crippen molar-refractivity contribution in [1.82, 2.24) is 9.78 Å². The maximum atomic E-state index is 6.01. The summed E-state index contributed by atoms with van der Waals surface area (Å²) >= 11 is 6.01. The molecule has 1 fully saturated rings. The van der Waals surface area contributed by atoms with Gasteiger partial charge in [-0.15, -0.1) is 11.6 Å². The molecule has 1 aromatic heterocycles. The predicted octanol–water partition coefficient (Wildman–Crippen LogP) is 3.76. The Morgan fingerprint density at radius 1 is 1.47 bits per heavy atom. The Balaban J connectivity index is 1.91. The van der Waals surface area contributed by atoms with Crippen LogP contribution in [0.5, 0.6) is 0 Å². The summed E-state index contributed by atoms with van der Waals surface area (Å²) in [5.41, 5.74) is 1.13. The number of alkyl halides is 1. The van der Waals surface area contributed by atoms with E-state index in [9.17, 15) is 0 Å². The van der Waals surface area contributed by atoms with Crippen LogP contribution in [0.2, 0.25) is 0 Å². The molecule has 0 aromatic carbocycles. The highest BCUT2D eigenvalue weighted by Gasteiger charge is 2.14. The largest absolute Gasteiger partial charge is 0.272 e. The Bertz CT molecular complexity index is 300. The fourth-order valence-corrected chi connectivity index (χ4v) is 2.43. The van der Waals surface area contributed by atoms with E-state index in [0.717, 1.165) is 18.0 Å². The summed E-state index contributed by atoms with van der Waals surface area (Å²) in [5, 5.41) is 4.44. The smallest absolute Gasteiger partial charge is 0.0588 e. The normalized spacial score (nSPS) is 20.4. The summed E-state index contributed by atoms with van der Waals surface area (Å²) in [6.07, 6.45) is 10.9. The molecular weight excluding hydrogens is 208 g/mol. The van der Waals surface area contributed by atoms with Crippen LogP contribution < -0.4 is 0 Å². The van der Waals surface area contributed by atoms with E-state index in [4.69, 9.17) is 11.6 Å². The average Bonchev–Trinajstić information content (AvgIpc) is 2.68. The van der Waals surface area contributed by atoms with Gasteiger partial charge in [0.05, 0.1) is 11.6 Å². The molecule has 1 saturated carbocycles. The highest BCUT2D eigenvalue weighted by atomic mass is 35.5. The summed E-state index contributed by atoms with van der Waals surface area (Å²) in [6.45, 7) is 3.06. The quantitative estimate of drug-likeness (QED) is 0.718. The number of halogens is 1. The Morgan fingerprint density at radius 3 is 2.80 bits per heavy atom. The summed E-state index contributed by atoms with van der Waals surface area (Å²) in [5.74, 6) is 0.831. The first-order chi connectivity index (χ1) is 7.25. The molecule has 0 bridgehead atoms. The van der Waals surface area contributed by atoms with Crippen LogP contribution in [0.15, 0.2) is 12.4 Å². The second-order valence-corrected chi connectivity index (χ2v) is 5.27. The van der Waals surface area contributed by atoms with Gasteiger partial charge in [-0.1, -0.05) is 19.3 Å². The summed E-state index contributed by atoms with van der Waals surface area (Å²) in [7, 11) is 0. The van der Waals surface area contributed by atoms with E-state index in [-0.39, 0.29) is 5.38 Å². The Morgan fingerprint density at radius 2 is 2.20 bits per heavy atom. The van der Waals surface area contributed by atoms with Crippen molar-refractivity contribution in [2.24, 2.45) is 5.92 Å². The molecule has 15 heavy (non-hydrogen) atoms. The minimum absolute atomic E-state index is 0.0742. The van der Waals surface area contributed by atoms with Gasteiger partial charge in [-0.25, -0.2) is 0 Å².